The number of carbonyl (C=O) groups is 1. The van der Waals surface area contributed by atoms with E-state index in [0.29, 0.717) is 6.42 Å². The molecule has 3 heteroatoms. The molecule has 1 saturated carbocycles. The molecule has 2 N–H and O–H groups in total. The quantitative estimate of drug-likeness (QED) is 0.554. The van der Waals surface area contributed by atoms with Crippen molar-refractivity contribution < 1.29 is 4.79 Å². The first-order valence-corrected chi connectivity index (χ1v) is 6.21. The average Bonchev–Trinajstić information content (AvgIpc) is 2.65. The van der Waals surface area contributed by atoms with Crippen LogP contribution in [0.1, 0.15) is 44.9 Å². The van der Waals surface area contributed by atoms with E-state index in [2.05, 4.69) is 6.58 Å². The summed E-state index contributed by atoms with van der Waals surface area (Å²) in [4.78, 5) is 13.7. The lowest BCUT2D eigenvalue weighted by molar-refractivity contribution is -0.131. The fourth-order valence-corrected chi connectivity index (χ4v) is 2.29. The van der Waals surface area contributed by atoms with Gasteiger partial charge in [-0.2, -0.15) is 0 Å². The molecule has 0 aromatic heterocycles. The maximum absolute atomic E-state index is 11.9. The highest BCUT2D eigenvalue weighted by Crippen LogP contribution is 2.30. The summed E-state index contributed by atoms with van der Waals surface area (Å²) in [5.41, 5.74) is 5.97. The zero-order valence-electron chi connectivity index (χ0n) is 10.4. The standard InChI is InChI=1S/C13H24N2O/c1-3-4-7-10-15(2)12(16)11-13(14)8-5-6-9-13/h3H,1,4-11,14H2,2H3. The summed E-state index contributed by atoms with van der Waals surface area (Å²) in [7, 11) is 1.86. The molecule has 0 bridgehead atoms. The molecule has 0 aromatic rings. The van der Waals surface area contributed by atoms with Crippen molar-refractivity contribution in [3.63, 3.8) is 0 Å². The monoisotopic (exact) mass is 224 g/mol. The highest BCUT2D eigenvalue weighted by atomic mass is 16.2. The minimum Gasteiger partial charge on any atom is -0.346 e. The van der Waals surface area contributed by atoms with Crippen LogP contribution in [0.15, 0.2) is 12.7 Å². The summed E-state index contributed by atoms with van der Waals surface area (Å²) in [5, 5.41) is 0. The van der Waals surface area contributed by atoms with Crippen molar-refractivity contribution in [3.8, 4) is 0 Å². The molecule has 0 aromatic carbocycles. The normalized spacial score (nSPS) is 18.4. The lowest BCUT2D eigenvalue weighted by atomic mass is 9.94. The van der Waals surface area contributed by atoms with Gasteiger partial charge < -0.3 is 10.6 Å². The van der Waals surface area contributed by atoms with Crippen molar-refractivity contribution in [3.05, 3.63) is 12.7 Å². The van der Waals surface area contributed by atoms with E-state index in [0.717, 1.165) is 32.2 Å². The Morgan fingerprint density at radius 3 is 2.69 bits per heavy atom. The molecule has 16 heavy (non-hydrogen) atoms. The molecule has 1 fully saturated rings. The summed E-state index contributed by atoms with van der Waals surface area (Å²) in [5.74, 6) is 0.188. The molecule has 0 radical (unpaired) electrons. The van der Waals surface area contributed by atoms with Gasteiger partial charge in [-0.05, 0) is 25.7 Å². The van der Waals surface area contributed by atoms with Crippen molar-refractivity contribution in [1.29, 1.82) is 0 Å². The Hall–Kier alpha value is -0.830. The number of rotatable bonds is 6. The molecule has 0 aliphatic heterocycles. The van der Waals surface area contributed by atoms with E-state index in [-0.39, 0.29) is 11.4 Å². The Labute approximate surface area is 98.7 Å². The van der Waals surface area contributed by atoms with E-state index in [1.807, 2.05) is 13.1 Å². The topological polar surface area (TPSA) is 46.3 Å². The van der Waals surface area contributed by atoms with E-state index >= 15 is 0 Å². The van der Waals surface area contributed by atoms with E-state index in [1.54, 1.807) is 4.90 Å². The predicted octanol–water partition coefficient (Wildman–Crippen LogP) is 2.07. The average molecular weight is 224 g/mol. The Balaban J connectivity index is 2.30. The van der Waals surface area contributed by atoms with Gasteiger partial charge in [-0.1, -0.05) is 18.9 Å². The molecular weight excluding hydrogens is 200 g/mol. The first kappa shape index (κ1) is 13.2. The first-order chi connectivity index (χ1) is 7.57. The van der Waals surface area contributed by atoms with E-state index in [4.69, 9.17) is 5.73 Å². The number of nitrogens with two attached hydrogens (primary N) is 1. The highest BCUT2D eigenvalue weighted by molar-refractivity contribution is 5.77. The molecule has 0 heterocycles. The van der Waals surface area contributed by atoms with Gasteiger partial charge in [0.1, 0.15) is 0 Å². The molecule has 1 aliphatic rings. The van der Waals surface area contributed by atoms with Crippen LogP contribution in [0.5, 0.6) is 0 Å². The number of unbranched alkanes of at least 4 members (excludes halogenated alkanes) is 1. The Morgan fingerprint density at radius 1 is 1.50 bits per heavy atom. The third-order valence-electron chi connectivity index (χ3n) is 3.43. The van der Waals surface area contributed by atoms with Crippen LogP contribution in [0.3, 0.4) is 0 Å². The third kappa shape index (κ3) is 3.97. The SMILES string of the molecule is C=CCCCN(C)C(=O)CC1(N)CCCC1. The zero-order chi connectivity index (χ0) is 12.0. The van der Waals surface area contributed by atoms with Crippen LogP contribution in [0.4, 0.5) is 0 Å². The number of allylic oxidation sites excluding steroid dienone is 1. The van der Waals surface area contributed by atoms with Gasteiger partial charge in [0.25, 0.3) is 0 Å². The van der Waals surface area contributed by atoms with Gasteiger partial charge in [-0.15, -0.1) is 6.58 Å². The Kier molecular flexibility index (Phi) is 5.00. The largest absolute Gasteiger partial charge is 0.346 e. The second-order valence-corrected chi connectivity index (χ2v) is 4.99. The van der Waals surface area contributed by atoms with Gasteiger partial charge in [0.15, 0.2) is 0 Å². The first-order valence-electron chi connectivity index (χ1n) is 6.21. The van der Waals surface area contributed by atoms with Gasteiger partial charge in [0.2, 0.25) is 5.91 Å². The van der Waals surface area contributed by atoms with Gasteiger partial charge in [-0.3, -0.25) is 4.79 Å². The molecule has 3 nitrogen and oxygen atoms in total. The number of nitrogens with zero attached hydrogens (tertiary/aromatic N) is 1. The van der Waals surface area contributed by atoms with Crippen molar-refractivity contribution in [2.45, 2.75) is 50.5 Å². The lowest BCUT2D eigenvalue weighted by Crippen LogP contribution is -2.42. The minimum absolute atomic E-state index is 0.188. The van der Waals surface area contributed by atoms with Gasteiger partial charge in [-0.25, -0.2) is 0 Å². The minimum atomic E-state index is -0.218. The summed E-state index contributed by atoms with van der Waals surface area (Å²) in [6.45, 7) is 4.48. The molecule has 0 atom stereocenters. The van der Waals surface area contributed by atoms with Crippen molar-refractivity contribution >= 4 is 5.91 Å². The summed E-state index contributed by atoms with van der Waals surface area (Å²) >= 11 is 0. The van der Waals surface area contributed by atoms with Gasteiger partial charge in [0, 0.05) is 25.6 Å². The second kappa shape index (κ2) is 6.04. The summed E-state index contributed by atoms with van der Waals surface area (Å²) in [6, 6.07) is 0. The molecule has 1 rings (SSSR count). The maximum Gasteiger partial charge on any atom is 0.224 e. The molecule has 1 amide bonds. The number of carbonyl (C=O) groups excluding carboxylic acids is 1. The Morgan fingerprint density at radius 2 is 2.12 bits per heavy atom. The van der Waals surface area contributed by atoms with Crippen LogP contribution in [0.2, 0.25) is 0 Å². The van der Waals surface area contributed by atoms with Gasteiger partial charge >= 0.3 is 0 Å². The number of hydrogen-bond acceptors (Lipinski definition) is 2. The molecule has 1 aliphatic carbocycles. The predicted molar refractivity (Wildman–Crippen MR) is 67.1 cm³/mol. The maximum atomic E-state index is 11.9. The highest BCUT2D eigenvalue weighted by Gasteiger charge is 2.32. The fraction of sp³-hybridized carbons (Fsp3) is 0.769. The molecule has 0 spiro atoms. The number of amides is 1. The van der Waals surface area contributed by atoms with E-state index in [1.165, 1.54) is 12.8 Å². The molecular formula is C13H24N2O. The second-order valence-electron chi connectivity index (χ2n) is 4.99. The molecule has 0 unspecified atom stereocenters. The molecule has 0 saturated heterocycles. The smallest absolute Gasteiger partial charge is 0.224 e. The number of hydrogen-bond donors (Lipinski definition) is 1. The van der Waals surface area contributed by atoms with E-state index in [9.17, 15) is 4.79 Å². The Bertz CT molecular complexity index is 244. The van der Waals surface area contributed by atoms with Crippen molar-refractivity contribution in [2.75, 3.05) is 13.6 Å². The van der Waals surface area contributed by atoms with Crippen LogP contribution >= 0.6 is 0 Å². The van der Waals surface area contributed by atoms with E-state index < -0.39 is 0 Å². The van der Waals surface area contributed by atoms with Gasteiger partial charge in [0.05, 0.1) is 0 Å². The van der Waals surface area contributed by atoms with Crippen LogP contribution < -0.4 is 5.73 Å². The summed E-state index contributed by atoms with van der Waals surface area (Å²) in [6.07, 6.45) is 8.69. The van der Waals surface area contributed by atoms with Crippen LogP contribution in [0, 0.1) is 0 Å². The van der Waals surface area contributed by atoms with Crippen LogP contribution in [-0.4, -0.2) is 29.9 Å². The van der Waals surface area contributed by atoms with Crippen LogP contribution in [-0.2, 0) is 4.79 Å². The fourth-order valence-electron chi connectivity index (χ4n) is 2.29. The van der Waals surface area contributed by atoms with Crippen LogP contribution in [0.25, 0.3) is 0 Å². The summed E-state index contributed by atoms with van der Waals surface area (Å²) < 4.78 is 0. The zero-order valence-corrected chi connectivity index (χ0v) is 10.4. The van der Waals surface area contributed by atoms with Crippen molar-refractivity contribution in [2.24, 2.45) is 5.73 Å². The van der Waals surface area contributed by atoms with Crippen molar-refractivity contribution in [1.82, 2.24) is 4.90 Å². The third-order valence-corrected chi connectivity index (χ3v) is 3.43. The lowest BCUT2D eigenvalue weighted by Gasteiger charge is -2.26. The molecule has 92 valence electrons.